The highest BCUT2D eigenvalue weighted by Crippen LogP contribution is 2.22. The summed E-state index contributed by atoms with van der Waals surface area (Å²) in [6.07, 6.45) is 0.413. The molecule has 0 atom stereocenters. The number of benzene rings is 1. The molecule has 0 saturated heterocycles. The largest absolute Gasteiger partial charge is 0.380 e. The van der Waals surface area contributed by atoms with Gasteiger partial charge in [0.05, 0.1) is 12.3 Å². The topological polar surface area (TPSA) is 89.0 Å². The number of carbonyl (C=O) groups is 1. The second kappa shape index (κ2) is 7.93. The standard InChI is InChI=1S/C20H23FN4O3/c1-11-15(20(27)23-19-18(11)12(2)24-25(19)3)6-8-17(26)22-16-7-5-14(21)9-13(16)10-28-4/h5,7,9H,6,8,10H2,1-4H3,(H,22,26)(H,23,27). The van der Waals surface area contributed by atoms with E-state index < -0.39 is 5.82 Å². The Morgan fingerprint density at radius 1 is 1.36 bits per heavy atom. The summed E-state index contributed by atoms with van der Waals surface area (Å²) in [4.78, 5) is 27.7. The van der Waals surface area contributed by atoms with Crippen LogP contribution in [0.5, 0.6) is 0 Å². The number of aromatic amines is 1. The van der Waals surface area contributed by atoms with Crippen LogP contribution in [0, 0.1) is 19.7 Å². The average Bonchev–Trinajstić information content (AvgIpc) is 2.91. The Balaban J connectivity index is 1.79. The Bertz CT molecular complexity index is 1100. The first-order chi connectivity index (χ1) is 13.3. The molecule has 0 saturated carbocycles. The first kappa shape index (κ1) is 19.8. The normalized spacial score (nSPS) is 11.2. The number of aromatic nitrogens is 3. The van der Waals surface area contributed by atoms with Gasteiger partial charge in [-0.2, -0.15) is 5.10 Å². The van der Waals surface area contributed by atoms with E-state index in [0.29, 0.717) is 22.5 Å². The van der Waals surface area contributed by atoms with Crippen LogP contribution in [0.4, 0.5) is 10.1 Å². The third-order valence-electron chi connectivity index (χ3n) is 4.80. The van der Waals surface area contributed by atoms with E-state index in [2.05, 4.69) is 15.4 Å². The molecule has 7 nitrogen and oxygen atoms in total. The molecule has 0 aliphatic rings. The molecule has 0 bridgehead atoms. The lowest BCUT2D eigenvalue weighted by Crippen LogP contribution is -2.19. The van der Waals surface area contributed by atoms with E-state index in [1.165, 1.54) is 25.3 Å². The molecule has 0 aliphatic heterocycles. The van der Waals surface area contributed by atoms with Gasteiger partial charge in [-0.1, -0.05) is 0 Å². The number of hydrogen-bond donors (Lipinski definition) is 2. The average molecular weight is 386 g/mol. The number of methoxy groups -OCH3 is 1. The molecule has 0 aliphatic carbocycles. The molecular formula is C20H23FN4O3. The molecule has 8 heteroatoms. The minimum Gasteiger partial charge on any atom is -0.380 e. The summed E-state index contributed by atoms with van der Waals surface area (Å²) in [5.41, 5.74) is 3.72. The number of aryl methyl sites for hydroxylation is 3. The second-order valence-corrected chi connectivity index (χ2v) is 6.77. The van der Waals surface area contributed by atoms with Crippen molar-refractivity contribution in [3.63, 3.8) is 0 Å². The minimum absolute atomic E-state index is 0.124. The Hall–Kier alpha value is -3.00. The van der Waals surface area contributed by atoms with Crippen LogP contribution in [0.3, 0.4) is 0 Å². The SMILES string of the molecule is COCc1cc(F)ccc1NC(=O)CCc1c(C)c2c(C)nn(C)c2[nH]c1=O. The van der Waals surface area contributed by atoms with Crippen LogP contribution in [0.25, 0.3) is 11.0 Å². The predicted octanol–water partition coefficient (Wildman–Crippen LogP) is 2.74. The summed E-state index contributed by atoms with van der Waals surface area (Å²) < 4.78 is 20.1. The summed E-state index contributed by atoms with van der Waals surface area (Å²) >= 11 is 0. The smallest absolute Gasteiger partial charge is 0.253 e. The number of halogens is 1. The Morgan fingerprint density at radius 3 is 2.82 bits per heavy atom. The molecule has 148 valence electrons. The molecule has 1 amide bonds. The van der Waals surface area contributed by atoms with Gasteiger partial charge < -0.3 is 15.0 Å². The number of hydrogen-bond acceptors (Lipinski definition) is 4. The molecule has 2 heterocycles. The molecule has 1 aromatic carbocycles. The third kappa shape index (κ3) is 3.82. The fraction of sp³-hybridized carbons (Fsp3) is 0.350. The second-order valence-electron chi connectivity index (χ2n) is 6.77. The highest BCUT2D eigenvalue weighted by molar-refractivity contribution is 5.91. The number of carbonyl (C=O) groups excluding carboxylic acids is 1. The van der Waals surface area contributed by atoms with E-state index in [1.807, 2.05) is 13.8 Å². The van der Waals surface area contributed by atoms with Crippen LogP contribution in [0.15, 0.2) is 23.0 Å². The van der Waals surface area contributed by atoms with Crippen LogP contribution in [0.1, 0.15) is 28.8 Å². The first-order valence-electron chi connectivity index (χ1n) is 8.94. The number of nitrogens with one attached hydrogen (secondary N) is 2. The number of anilines is 1. The van der Waals surface area contributed by atoms with Crippen molar-refractivity contribution in [2.75, 3.05) is 12.4 Å². The van der Waals surface area contributed by atoms with Crippen molar-refractivity contribution in [1.29, 1.82) is 0 Å². The summed E-state index contributed by atoms with van der Waals surface area (Å²) in [6.45, 7) is 3.94. The lowest BCUT2D eigenvalue weighted by molar-refractivity contribution is -0.116. The fourth-order valence-electron chi connectivity index (χ4n) is 3.47. The Labute approximate surface area is 161 Å². The zero-order valence-corrected chi connectivity index (χ0v) is 16.4. The predicted molar refractivity (Wildman–Crippen MR) is 105 cm³/mol. The van der Waals surface area contributed by atoms with E-state index in [1.54, 1.807) is 11.7 Å². The molecule has 3 rings (SSSR count). The van der Waals surface area contributed by atoms with E-state index in [9.17, 15) is 14.0 Å². The molecule has 2 N–H and O–H groups in total. The van der Waals surface area contributed by atoms with Crippen LogP contribution in [-0.4, -0.2) is 27.8 Å². The maximum Gasteiger partial charge on any atom is 0.253 e. The lowest BCUT2D eigenvalue weighted by atomic mass is 10.0. The van der Waals surface area contributed by atoms with Crippen molar-refractivity contribution in [2.24, 2.45) is 7.05 Å². The molecule has 0 spiro atoms. The van der Waals surface area contributed by atoms with Gasteiger partial charge in [-0.25, -0.2) is 4.39 Å². The maximum absolute atomic E-state index is 13.4. The molecule has 28 heavy (non-hydrogen) atoms. The number of H-pyrrole nitrogens is 1. The highest BCUT2D eigenvalue weighted by Gasteiger charge is 2.16. The fourth-order valence-corrected chi connectivity index (χ4v) is 3.47. The number of ether oxygens (including phenoxy) is 1. The zero-order valence-electron chi connectivity index (χ0n) is 16.4. The van der Waals surface area contributed by atoms with Gasteiger partial charge in [0, 0.05) is 42.8 Å². The minimum atomic E-state index is -0.396. The number of nitrogens with zero attached hydrogens (tertiary/aromatic N) is 2. The Morgan fingerprint density at radius 2 is 2.11 bits per heavy atom. The van der Waals surface area contributed by atoms with Crippen LogP contribution >= 0.6 is 0 Å². The summed E-state index contributed by atoms with van der Waals surface area (Å²) in [5, 5.41) is 8.01. The number of fused-ring (bicyclic) bond motifs is 1. The Kier molecular flexibility index (Phi) is 5.60. The highest BCUT2D eigenvalue weighted by atomic mass is 19.1. The van der Waals surface area contributed by atoms with E-state index >= 15 is 0 Å². The maximum atomic E-state index is 13.4. The number of amides is 1. The van der Waals surface area contributed by atoms with Gasteiger partial charge in [0.2, 0.25) is 5.91 Å². The van der Waals surface area contributed by atoms with Gasteiger partial charge in [0.15, 0.2) is 0 Å². The van der Waals surface area contributed by atoms with Crippen LogP contribution < -0.4 is 10.9 Å². The van der Waals surface area contributed by atoms with Crippen molar-refractivity contribution < 1.29 is 13.9 Å². The zero-order chi connectivity index (χ0) is 20.4. The van der Waals surface area contributed by atoms with Gasteiger partial charge in [-0.05, 0) is 44.0 Å². The van der Waals surface area contributed by atoms with Crippen LogP contribution in [-0.2, 0) is 29.6 Å². The molecule has 0 unspecified atom stereocenters. The number of rotatable bonds is 6. The van der Waals surface area contributed by atoms with Crippen LogP contribution in [0.2, 0.25) is 0 Å². The van der Waals surface area contributed by atoms with Gasteiger partial charge in [0.1, 0.15) is 11.5 Å². The van der Waals surface area contributed by atoms with E-state index in [0.717, 1.165) is 16.6 Å². The van der Waals surface area contributed by atoms with E-state index in [4.69, 9.17) is 4.74 Å². The summed E-state index contributed by atoms with van der Waals surface area (Å²) in [6, 6.07) is 4.11. The van der Waals surface area contributed by atoms with Gasteiger partial charge >= 0.3 is 0 Å². The molecule has 2 aromatic heterocycles. The summed E-state index contributed by atoms with van der Waals surface area (Å²) in [7, 11) is 3.28. The quantitative estimate of drug-likeness (QED) is 0.682. The van der Waals surface area contributed by atoms with Crippen molar-refractivity contribution >= 4 is 22.6 Å². The van der Waals surface area contributed by atoms with Gasteiger partial charge in [-0.15, -0.1) is 0 Å². The third-order valence-corrected chi connectivity index (χ3v) is 4.80. The first-order valence-corrected chi connectivity index (χ1v) is 8.94. The van der Waals surface area contributed by atoms with E-state index in [-0.39, 0.29) is 30.9 Å². The summed E-state index contributed by atoms with van der Waals surface area (Å²) in [5.74, 6) is -0.655. The molecular weight excluding hydrogens is 363 g/mol. The van der Waals surface area contributed by atoms with Crippen molar-refractivity contribution in [2.45, 2.75) is 33.3 Å². The number of pyridine rings is 1. The van der Waals surface area contributed by atoms with Crippen molar-refractivity contribution in [3.8, 4) is 0 Å². The van der Waals surface area contributed by atoms with Crippen molar-refractivity contribution in [3.05, 3.63) is 56.8 Å². The van der Waals surface area contributed by atoms with Gasteiger partial charge in [0.25, 0.3) is 5.56 Å². The monoisotopic (exact) mass is 386 g/mol. The van der Waals surface area contributed by atoms with Gasteiger partial charge in [-0.3, -0.25) is 14.3 Å². The molecule has 3 aromatic rings. The molecule has 0 fully saturated rings. The van der Waals surface area contributed by atoms with Crippen molar-refractivity contribution in [1.82, 2.24) is 14.8 Å². The molecule has 0 radical (unpaired) electrons. The lowest BCUT2D eigenvalue weighted by Gasteiger charge is -2.11.